The van der Waals surface area contributed by atoms with E-state index in [1.807, 2.05) is 44.5 Å². The number of aryl methyl sites for hydroxylation is 1. The van der Waals surface area contributed by atoms with E-state index < -0.39 is 78.0 Å². The van der Waals surface area contributed by atoms with Crippen molar-refractivity contribution in [2.75, 3.05) is 33.9 Å². The van der Waals surface area contributed by atoms with Gasteiger partial charge in [-0.1, -0.05) is 35.3 Å². The van der Waals surface area contributed by atoms with Crippen molar-refractivity contribution in [1.82, 2.24) is 35.3 Å². The standard InChI is InChI=1S/C54H69Cl2F4N7O9/c1-33(48(69)63-43(31-73-6)49(70)64-53(22-20-34-12-16-37(55)17-13-34)21-9-23-66(32-53)50(71)36(24-47(68)74-7)27-54(58,59)60)61-28-41-42(57)25-38(56)26-45(41)75-40-18-14-35(15-19-40)44-29-62-46(65(44)5)30-67(39-10-8-11-39)51(72)76-52(2,3)4/h12-19,25-26,29,33,36,39,43,47,61,68H,8-11,20-24,27-28,30-32H2,1-7H3,(H,63,69)(H,64,70)/t33-,36-,43-,47?,53+/m0/s1. The lowest BCUT2D eigenvalue weighted by Gasteiger charge is -2.45. The Morgan fingerprint density at radius 2 is 1.67 bits per heavy atom. The van der Waals surface area contributed by atoms with E-state index in [0.29, 0.717) is 35.9 Å². The van der Waals surface area contributed by atoms with Gasteiger partial charge in [-0.15, -0.1) is 0 Å². The normalized spacial score (nSPS) is 17.7. The van der Waals surface area contributed by atoms with Crippen LogP contribution in [0.3, 0.4) is 0 Å². The molecule has 6 rings (SSSR count). The Balaban J connectivity index is 1.12. The molecule has 2 heterocycles. The molecule has 0 radical (unpaired) electrons. The third kappa shape index (κ3) is 16.7. The summed E-state index contributed by atoms with van der Waals surface area (Å²) in [5, 5.41) is 19.4. The van der Waals surface area contributed by atoms with Gasteiger partial charge in [0.2, 0.25) is 17.7 Å². The van der Waals surface area contributed by atoms with E-state index in [2.05, 4.69) is 20.9 Å². The highest BCUT2D eigenvalue weighted by Gasteiger charge is 2.44. The third-order valence-electron chi connectivity index (χ3n) is 13.6. The van der Waals surface area contributed by atoms with Gasteiger partial charge in [-0.2, -0.15) is 13.2 Å². The minimum atomic E-state index is -4.71. The van der Waals surface area contributed by atoms with Gasteiger partial charge in [0.05, 0.1) is 49.0 Å². The van der Waals surface area contributed by atoms with E-state index in [1.165, 1.54) is 25.0 Å². The number of ether oxygens (including phenoxy) is 4. The van der Waals surface area contributed by atoms with Crippen molar-refractivity contribution in [3.63, 3.8) is 0 Å². The largest absolute Gasteiger partial charge is 0.457 e. The molecule has 416 valence electrons. The first kappa shape index (κ1) is 59.7. The predicted octanol–water partition coefficient (Wildman–Crippen LogP) is 9.26. The van der Waals surface area contributed by atoms with E-state index >= 15 is 4.39 Å². The van der Waals surface area contributed by atoms with Crippen molar-refractivity contribution in [2.24, 2.45) is 13.0 Å². The zero-order chi connectivity index (χ0) is 55.5. The van der Waals surface area contributed by atoms with Crippen molar-refractivity contribution >= 4 is 47.0 Å². The number of carbonyl (C=O) groups is 4. The Hall–Kier alpha value is -5.51. The molecule has 4 N–H and O–H groups in total. The van der Waals surface area contributed by atoms with Gasteiger partial charge in [0.25, 0.3) is 0 Å². The van der Waals surface area contributed by atoms with Gasteiger partial charge in [-0.05, 0) is 127 Å². The molecule has 2 aliphatic rings. The maximum atomic E-state index is 15.7. The fourth-order valence-corrected chi connectivity index (χ4v) is 9.58. The molecule has 1 unspecified atom stereocenters. The molecule has 4 aromatic rings. The second-order valence-electron chi connectivity index (χ2n) is 20.6. The number of methoxy groups -OCH3 is 2. The van der Waals surface area contributed by atoms with Crippen LogP contribution in [-0.4, -0.2) is 124 Å². The number of amides is 4. The molecule has 3 aromatic carbocycles. The number of rotatable bonds is 23. The number of halogens is 6. The Labute approximate surface area is 451 Å². The molecule has 1 aromatic heterocycles. The molecule has 1 saturated heterocycles. The summed E-state index contributed by atoms with van der Waals surface area (Å²) in [5.74, 6) is -3.39. The smallest absolute Gasteiger partial charge is 0.410 e. The molecule has 1 saturated carbocycles. The SMILES string of the molecule is COC[C@H](NC(=O)[C@H](C)NCc1c(F)cc(Cl)cc1Oc1ccc(-c2cnc(CN(C(=O)OC(C)(C)C)C3CCC3)n2C)cc1)C(=O)N[C@@]1(CCc2ccc(Cl)cc2)CCCN(C(=O)[C@@H](CC(O)OC)CC(F)(F)F)C1. The van der Waals surface area contributed by atoms with Gasteiger partial charge in [-0.3, -0.25) is 19.3 Å². The number of carbonyl (C=O) groups excluding carboxylic acids is 4. The fourth-order valence-electron chi connectivity index (χ4n) is 9.25. The summed E-state index contributed by atoms with van der Waals surface area (Å²) in [5.41, 5.74) is 0.692. The molecule has 16 nitrogen and oxygen atoms in total. The van der Waals surface area contributed by atoms with Crippen LogP contribution >= 0.6 is 23.2 Å². The van der Waals surface area contributed by atoms with Crippen molar-refractivity contribution in [3.05, 3.63) is 99.7 Å². The van der Waals surface area contributed by atoms with Crippen LogP contribution < -0.4 is 20.7 Å². The highest BCUT2D eigenvalue weighted by molar-refractivity contribution is 6.31. The molecule has 0 spiro atoms. The number of aliphatic hydroxyl groups is 1. The lowest BCUT2D eigenvalue weighted by atomic mass is 9.82. The Kier molecular flexibility index (Phi) is 20.6. The highest BCUT2D eigenvalue weighted by Crippen LogP contribution is 2.35. The fraction of sp³-hybridized carbons (Fsp3) is 0.537. The quantitative estimate of drug-likeness (QED) is 0.0410. The van der Waals surface area contributed by atoms with E-state index in [9.17, 15) is 37.5 Å². The number of alkyl halides is 3. The van der Waals surface area contributed by atoms with Crippen molar-refractivity contribution < 1.29 is 60.8 Å². The van der Waals surface area contributed by atoms with Crippen molar-refractivity contribution in [1.29, 1.82) is 0 Å². The second-order valence-corrected chi connectivity index (χ2v) is 21.5. The van der Waals surface area contributed by atoms with Crippen LogP contribution in [0.1, 0.15) is 96.0 Å². The Morgan fingerprint density at radius 1 is 0.974 bits per heavy atom. The number of piperidine rings is 1. The van der Waals surface area contributed by atoms with Gasteiger partial charge in [0, 0.05) is 74.5 Å². The first-order valence-corrected chi connectivity index (χ1v) is 26.0. The predicted molar refractivity (Wildman–Crippen MR) is 278 cm³/mol. The van der Waals surface area contributed by atoms with Crippen molar-refractivity contribution in [2.45, 2.75) is 140 Å². The molecule has 22 heteroatoms. The lowest BCUT2D eigenvalue weighted by Crippen LogP contribution is -2.64. The number of hydrogen-bond donors (Lipinski definition) is 4. The first-order chi connectivity index (χ1) is 35.9. The molecule has 1 aliphatic heterocycles. The minimum absolute atomic E-state index is 0.0600. The molecule has 5 atom stereocenters. The number of imidazole rings is 1. The minimum Gasteiger partial charge on any atom is -0.457 e. The summed E-state index contributed by atoms with van der Waals surface area (Å²) in [6.45, 7) is 6.77. The number of nitrogens with one attached hydrogen (secondary N) is 3. The number of benzene rings is 3. The lowest BCUT2D eigenvalue weighted by molar-refractivity contribution is -0.169. The van der Waals surface area contributed by atoms with Gasteiger partial charge >= 0.3 is 12.3 Å². The van der Waals surface area contributed by atoms with Gasteiger partial charge in [0.1, 0.15) is 34.8 Å². The number of aliphatic hydroxyl groups excluding tert-OH is 1. The molecule has 76 heavy (non-hydrogen) atoms. The summed E-state index contributed by atoms with van der Waals surface area (Å²) in [6.07, 6.45) is -2.90. The van der Waals surface area contributed by atoms with Crippen LogP contribution in [0, 0.1) is 11.7 Å². The zero-order valence-electron chi connectivity index (χ0n) is 43.9. The molecule has 2 fully saturated rings. The molecule has 4 amide bonds. The Bertz CT molecular complexity index is 2610. The number of likely N-dealkylation sites (tertiary alicyclic amines) is 1. The monoisotopic (exact) mass is 1110 g/mol. The maximum absolute atomic E-state index is 15.7. The Morgan fingerprint density at radius 3 is 2.29 bits per heavy atom. The molecule has 0 bridgehead atoms. The van der Waals surface area contributed by atoms with Gasteiger partial charge < -0.3 is 49.5 Å². The second kappa shape index (κ2) is 26.2. The third-order valence-corrected chi connectivity index (χ3v) is 14.1. The van der Waals surface area contributed by atoms with Gasteiger partial charge in [-0.25, -0.2) is 14.2 Å². The average Bonchev–Trinajstić information content (AvgIpc) is 3.70. The van der Waals surface area contributed by atoms with Crippen LogP contribution in [0.15, 0.2) is 66.9 Å². The molecular formula is C54H69Cl2F4N7O9. The van der Waals surface area contributed by atoms with E-state index in [4.69, 9.17) is 42.1 Å². The summed E-state index contributed by atoms with van der Waals surface area (Å²) in [4.78, 5) is 62.8. The van der Waals surface area contributed by atoms with Crippen LogP contribution in [0.4, 0.5) is 22.4 Å². The van der Waals surface area contributed by atoms with Crippen LogP contribution in [0.2, 0.25) is 10.0 Å². The van der Waals surface area contributed by atoms with Crippen LogP contribution in [-0.2, 0) is 55.2 Å². The van der Waals surface area contributed by atoms with E-state index in [0.717, 1.165) is 49.3 Å². The number of aromatic nitrogens is 2. The van der Waals surface area contributed by atoms with E-state index in [-0.39, 0.29) is 67.7 Å². The highest BCUT2D eigenvalue weighted by atomic mass is 35.5. The first-order valence-electron chi connectivity index (χ1n) is 25.3. The summed E-state index contributed by atoms with van der Waals surface area (Å²) in [7, 11) is 4.34. The summed E-state index contributed by atoms with van der Waals surface area (Å²) < 4.78 is 80.9. The summed E-state index contributed by atoms with van der Waals surface area (Å²) >= 11 is 12.4. The zero-order valence-corrected chi connectivity index (χ0v) is 45.4. The van der Waals surface area contributed by atoms with Crippen molar-refractivity contribution in [3.8, 4) is 22.8 Å². The number of hydrogen-bond acceptors (Lipinski definition) is 11. The summed E-state index contributed by atoms with van der Waals surface area (Å²) in [6, 6.07) is 14.4. The molecule has 1 aliphatic carbocycles. The average molecular weight is 1110 g/mol. The van der Waals surface area contributed by atoms with E-state index in [1.54, 1.807) is 47.5 Å². The van der Waals surface area contributed by atoms with Gasteiger partial charge in [0.15, 0.2) is 6.29 Å². The maximum Gasteiger partial charge on any atom is 0.410 e. The number of nitrogens with zero attached hydrogens (tertiary/aromatic N) is 4. The van der Waals surface area contributed by atoms with Crippen LogP contribution in [0.25, 0.3) is 11.3 Å². The molecular weight excluding hydrogens is 1040 g/mol. The van der Waals surface area contributed by atoms with Crippen LogP contribution in [0.5, 0.6) is 11.5 Å². The topological polar surface area (TPSA) is 186 Å².